The molecule has 0 unspecified atom stereocenters. The van der Waals surface area contributed by atoms with Gasteiger partial charge in [0.2, 0.25) is 0 Å². The lowest BCUT2D eigenvalue weighted by Gasteiger charge is -2.13. The SMILES string of the molecule is CCCNc1ncnc(Nc2cccc(Br)c2C)c1Br. The van der Waals surface area contributed by atoms with Gasteiger partial charge in [0.1, 0.15) is 22.4 Å². The fourth-order valence-corrected chi connectivity index (χ4v) is 2.50. The molecule has 2 aromatic rings. The third-order valence-electron chi connectivity index (χ3n) is 2.85. The first-order valence-electron chi connectivity index (χ1n) is 6.40. The van der Waals surface area contributed by atoms with E-state index in [0.717, 1.165) is 44.8 Å². The maximum absolute atomic E-state index is 4.29. The minimum atomic E-state index is 0.750. The second-order valence-corrected chi connectivity index (χ2v) is 6.00. The van der Waals surface area contributed by atoms with E-state index in [1.165, 1.54) is 0 Å². The molecule has 1 heterocycles. The van der Waals surface area contributed by atoms with Gasteiger partial charge in [0, 0.05) is 16.7 Å². The summed E-state index contributed by atoms with van der Waals surface area (Å²) < 4.78 is 1.91. The van der Waals surface area contributed by atoms with E-state index in [0.29, 0.717) is 0 Å². The van der Waals surface area contributed by atoms with E-state index in [1.807, 2.05) is 18.2 Å². The van der Waals surface area contributed by atoms with Crippen molar-refractivity contribution in [1.29, 1.82) is 0 Å². The maximum atomic E-state index is 4.29. The Morgan fingerprint density at radius 3 is 2.65 bits per heavy atom. The Morgan fingerprint density at radius 2 is 1.90 bits per heavy atom. The summed E-state index contributed by atoms with van der Waals surface area (Å²) in [6.45, 7) is 5.05. The fourth-order valence-electron chi connectivity index (χ4n) is 1.69. The highest BCUT2D eigenvalue weighted by atomic mass is 79.9. The highest BCUT2D eigenvalue weighted by Crippen LogP contribution is 2.31. The molecule has 2 N–H and O–H groups in total. The van der Waals surface area contributed by atoms with Crippen molar-refractivity contribution in [2.45, 2.75) is 20.3 Å². The summed E-state index contributed by atoms with van der Waals surface area (Å²) in [5.74, 6) is 1.55. The molecule has 4 nitrogen and oxygen atoms in total. The number of hydrogen-bond acceptors (Lipinski definition) is 4. The van der Waals surface area contributed by atoms with Gasteiger partial charge >= 0.3 is 0 Å². The van der Waals surface area contributed by atoms with Gasteiger partial charge in [-0.2, -0.15) is 0 Å². The summed E-state index contributed by atoms with van der Waals surface area (Å²) in [4.78, 5) is 8.53. The molecule has 0 atom stereocenters. The van der Waals surface area contributed by atoms with Crippen LogP contribution in [0.25, 0.3) is 0 Å². The number of anilines is 3. The van der Waals surface area contributed by atoms with Crippen molar-refractivity contribution in [2.75, 3.05) is 17.2 Å². The van der Waals surface area contributed by atoms with Crippen molar-refractivity contribution >= 4 is 49.2 Å². The van der Waals surface area contributed by atoms with Crippen LogP contribution in [0.5, 0.6) is 0 Å². The Kier molecular flexibility index (Phi) is 5.37. The zero-order valence-corrected chi connectivity index (χ0v) is 14.5. The molecule has 20 heavy (non-hydrogen) atoms. The Hall–Kier alpha value is -1.14. The molecule has 0 radical (unpaired) electrons. The van der Waals surface area contributed by atoms with Gasteiger partial charge in [-0.1, -0.05) is 28.9 Å². The molecule has 2 rings (SSSR count). The molecule has 1 aromatic heterocycles. The summed E-state index contributed by atoms with van der Waals surface area (Å²) in [7, 11) is 0. The lowest BCUT2D eigenvalue weighted by atomic mass is 10.2. The first-order valence-corrected chi connectivity index (χ1v) is 7.98. The summed E-state index contributed by atoms with van der Waals surface area (Å²) in [5.41, 5.74) is 2.15. The normalized spacial score (nSPS) is 10.4. The number of benzene rings is 1. The minimum Gasteiger partial charge on any atom is -0.369 e. The third kappa shape index (κ3) is 3.49. The molecule has 0 aliphatic carbocycles. The first-order chi connectivity index (χ1) is 9.63. The van der Waals surface area contributed by atoms with Gasteiger partial charge in [-0.15, -0.1) is 0 Å². The van der Waals surface area contributed by atoms with E-state index in [1.54, 1.807) is 6.33 Å². The fraction of sp³-hybridized carbons (Fsp3) is 0.286. The summed E-state index contributed by atoms with van der Waals surface area (Å²) in [5, 5.41) is 6.60. The molecule has 6 heteroatoms. The molecule has 0 aliphatic rings. The number of nitrogens with zero attached hydrogens (tertiary/aromatic N) is 2. The zero-order chi connectivity index (χ0) is 14.5. The van der Waals surface area contributed by atoms with Gasteiger partial charge in [-0.05, 0) is 47.0 Å². The lowest BCUT2D eigenvalue weighted by Crippen LogP contribution is -2.05. The Labute approximate surface area is 135 Å². The molecular formula is C14H16Br2N4. The van der Waals surface area contributed by atoms with Crippen LogP contribution in [0, 0.1) is 6.92 Å². The number of hydrogen-bond donors (Lipinski definition) is 2. The van der Waals surface area contributed by atoms with Crippen LogP contribution in [0.4, 0.5) is 17.3 Å². The van der Waals surface area contributed by atoms with Crippen molar-refractivity contribution < 1.29 is 0 Å². The molecule has 0 saturated carbocycles. The van der Waals surface area contributed by atoms with E-state index >= 15 is 0 Å². The minimum absolute atomic E-state index is 0.750. The molecule has 0 bridgehead atoms. The molecule has 106 valence electrons. The monoisotopic (exact) mass is 398 g/mol. The highest BCUT2D eigenvalue weighted by molar-refractivity contribution is 9.11. The van der Waals surface area contributed by atoms with Crippen LogP contribution in [0.1, 0.15) is 18.9 Å². The van der Waals surface area contributed by atoms with Crippen molar-refractivity contribution in [1.82, 2.24) is 9.97 Å². The van der Waals surface area contributed by atoms with Crippen LogP contribution in [0.3, 0.4) is 0 Å². The zero-order valence-electron chi connectivity index (χ0n) is 11.4. The first kappa shape index (κ1) is 15.3. The van der Waals surface area contributed by atoms with Crippen molar-refractivity contribution in [2.24, 2.45) is 0 Å². The van der Waals surface area contributed by atoms with Gasteiger partial charge in [0.05, 0.1) is 0 Å². The van der Waals surface area contributed by atoms with Crippen LogP contribution in [0.2, 0.25) is 0 Å². The van der Waals surface area contributed by atoms with Crippen molar-refractivity contribution in [3.05, 3.63) is 39.0 Å². The molecule has 0 amide bonds. The molecule has 1 aromatic carbocycles. The molecular weight excluding hydrogens is 384 g/mol. The predicted octanol–water partition coefficient (Wildman–Crippen LogP) is 4.88. The molecule has 0 aliphatic heterocycles. The summed E-state index contributed by atoms with van der Waals surface area (Å²) in [6, 6.07) is 6.03. The van der Waals surface area contributed by atoms with E-state index in [4.69, 9.17) is 0 Å². The molecule has 0 fully saturated rings. The predicted molar refractivity (Wildman–Crippen MR) is 90.7 cm³/mol. The van der Waals surface area contributed by atoms with E-state index in [2.05, 4.69) is 66.3 Å². The summed E-state index contributed by atoms with van der Waals surface area (Å²) in [6.07, 6.45) is 2.60. The topological polar surface area (TPSA) is 49.8 Å². The van der Waals surface area contributed by atoms with E-state index in [9.17, 15) is 0 Å². The number of aromatic nitrogens is 2. The average molecular weight is 400 g/mol. The largest absolute Gasteiger partial charge is 0.369 e. The van der Waals surface area contributed by atoms with Crippen LogP contribution >= 0.6 is 31.9 Å². The van der Waals surface area contributed by atoms with Crippen molar-refractivity contribution in [3.63, 3.8) is 0 Å². The maximum Gasteiger partial charge on any atom is 0.150 e. The van der Waals surface area contributed by atoms with E-state index in [-0.39, 0.29) is 0 Å². The highest BCUT2D eigenvalue weighted by Gasteiger charge is 2.10. The van der Waals surface area contributed by atoms with Crippen LogP contribution < -0.4 is 10.6 Å². The molecule has 0 spiro atoms. The van der Waals surface area contributed by atoms with Gasteiger partial charge < -0.3 is 10.6 Å². The number of nitrogens with one attached hydrogen (secondary N) is 2. The quantitative estimate of drug-likeness (QED) is 0.752. The third-order valence-corrected chi connectivity index (χ3v) is 4.46. The standard InChI is InChI=1S/C14H16Br2N4/c1-3-7-17-13-12(16)14(19-8-18-13)20-11-6-4-5-10(15)9(11)2/h4-6,8H,3,7H2,1-2H3,(H2,17,18,19,20). The van der Waals surface area contributed by atoms with Crippen LogP contribution in [-0.4, -0.2) is 16.5 Å². The summed E-state index contributed by atoms with van der Waals surface area (Å²) >= 11 is 7.08. The lowest BCUT2D eigenvalue weighted by molar-refractivity contribution is 0.962. The molecule has 0 saturated heterocycles. The Balaban J connectivity index is 2.27. The second kappa shape index (κ2) is 7.04. The Morgan fingerprint density at radius 1 is 1.15 bits per heavy atom. The van der Waals surface area contributed by atoms with E-state index < -0.39 is 0 Å². The van der Waals surface area contributed by atoms with Gasteiger partial charge in [0.25, 0.3) is 0 Å². The Bertz CT molecular complexity index is 602. The number of rotatable bonds is 5. The smallest absolute Gasteiger partial charge is 0.150 e. The van der Waals surface area contributed by atoms with Gasteiger partial charge in [0.15, 0.2) is 0 Å². The van der Waals surface area contributed by atoms with Crippen LogP contribution in [-0.2, 0) is 0 Å². The van der Waals surface area contributed by atoms with Crippen molar-refractivity contribution in [3.8, 4) is 0 Å². The second-order valence-electron chi connectivity index (χ2n) is 4.35. The average Bonchev–Trinajstić information content (AvgIpc) is 2.44. The van der Waals surface area contributed by atoms with Gasteiger partial charge in [-0.3, -0.25) is 0 Å². The van der Waals surface area contributed by atoms with Crippen LogP contribution in [0.15, 0.2) is 33.5 Å². The van der Waals surface area contributed by atoms with Gasteiger partial charge in [-0.25, -0.2) is 9.97 Å². The number of halogens is 2.